The molecule has 3 aromatic rings. The van der Waals surface area contributed by atoms with Gasteiger partial charge in [0.2, 0.25) is 5.43 Å². The number of halogens is 2. The largest absolute Gasteiger partial charge is 0.483 e. The van der Waals surface area contributed by atoms with Crippen LogP contribution >= 0.6 is 0 Å². The maximum Gasteiger partial charge on any atom is 0.275 e. The van der Waals surface area contributed by atoms with E-state index in [0.29, 0.717) is 6.42 Å². The molecule has 3 aliphatic rings. The van der Waals surface area contributed by atoms with Crippen LogP contribution in [0, 0.1) is 11.6 Å². The van der Waals surface area contributed by atoms with Gasteiger partial charge in [-0.1, -0.05) is 48.6 Å². The predicted molar refractivity (Wildman–Crippen MR) is 148 cm³/mol. The first-order valence-electron chi connectivity index (χ1n) is 13.7. The minimum Gasteiger partial charge on any atom is -0.483 e. The zero-order chi connectivity index (χ0) is 29.8. The highest BCUT2D eigenvalue weighted by Crippen LogP contribution is 2.46. The van der Waals surface area contributed by atoms with Crippen molar-refractivity contribution in [1.82, 2.24) is 14.5 Å². The molecule has 1 unspecified atom stereocenters. The number of rotatable bonds is 6. The molecule has 3 aliphatic heterocycles. The Morgan fingerprint density at radius 2 is 1.90 bits per heavy atom. The van der Waals surface area contributed by atoms with Crippen LogP contribution in [0.2, 0.25) is 0 Å². The Morgan fingerprint density at radius 3 is 2.62 bits per heavy atom. The van der Waals surface area contributed by atoms with Crippen molar-refractivity contribution in [2.24, 2.45) is 5.73 Å². The van der Waals surface area contributed by atoms with Crippen LogP contribution in [0.4, 0.5) is 8.78 Å². The zero-order valence-corrected chi connectivity index (χ0v) is 23.1. The maximum absolute atomic E-state index is 14.6. The Morgan fingerprint density at radius 1 is 1.14 bits per heavy atom. The fraction of sp³-hybridized carbons (Fsp3) is 0.323. The number of hydrogen-bond donors (Lipinski definition) is 1. The molecule has 0 saturated carbocycles. The van der Waals surface area contributed by atoms with Crippen LogP contribution in [0.1, 0.15) is 58.3 Å². The molecule has 2 amide bonds. The second kappa shape index (κ2) is 10.5. The molecule has 1 fully saturated rings. The minimum absolute atomic E-state index is 0.00592. The molecule has 0 aliphatic carbocycles. The third kappa shape index (κ3) is 4.68. The molecule has 0 radical (unpaired) electrons. The van der Waals surface area contributed by atoms with Crippen molar-refractivity contribution in [2.75, 3.05) is 6.54 Å². The number of primary amides is 1. The topological polar surface area (TPSA) is 107 Å². The molecule has 6 rings (SSSR count). The Labute approximate surface area is 240 Å². The van der Waals surface area contributed by atoms with Crippen molar-refractivity contribution in [2.45, 2.75) is 57.1 Å². The number of amides is 2. The van der Waals surface area contributed by atoms with E-state index in [1.165, 1.54) is 18.3 Å². The van der Waals surface area contributed by atoms with Gasteiger partial charge in [-0.2, -0.15) is 5.06 Å². The highest BCUT2D eigenvalue weighted by molar-refractivity contribution is 5.99. The van der Waals surface area contributed by atoms with E-state index >= 15 is 0 Å². The third-order valence-electron chi connectivity index (χ3n) is 8.30. The zero-order valence-electron chi connectivity index (χ0n) is 23.1. The van der Waals surface area contributed by atoms with E-state index in [1.54, 1.807) is 14.5 Å². The number of benzene rings is 2. The third-order valence-corrected chi connectivity index (χ3v) is 8.30. The normalized spacial score (nSPS) is 25.0. The van der Waals surface area contributed by atoms with Crippen molar-refractivity contribution < 1.29 is 27.9 Å². The fourth-order valence-electron chi connectivity index (χ4n) is 6.06. The molecular formula is C31H30F2N4O5. The quantitative estimate of drug-likeness (QED) is 0.449. The van der Waals surface area contributed by atoms with Crippen molar-refractivity contribution in [3.8, 4) is 5.75 Å². The molecule has 1 saturated heterocycles. The molecule has 4 heterocycles. The number of ether oxygens (including phenoxy) is 1. The number of carbonyl (C=O) groups excluding carboxylic acids is 2. The first-order chi connectivity index (χ1) is 20.1. The molecule has 4 atom stereocenters. The van der Waals surface area contributed by atoms with E-state index in [-0.39, 0.29) is 54.4 Å². The minimum atomic E-state index is -1.03. The van der Waals surface area contributed by atoms with E-state index in [2.05, 4.69) is 0 Å². The van der Waals surface area contributed by atoms with Gasteiger partial charge in [0, 0.05) is 42.9 Å². The van der Waals surface area contributed by atoms with Crippen molar-refractivity contribution >= 4 is 11.8 Å². The monoisotopic (exact) mass is 576 g/mol. The van der Waals surface area contributed by atoms with Crippen molar-refractivity contribution in [1.29, 1.82) is 0 Å². The van der Waals surface area contributed by atoms with E-state index in [9.17, 15) is 23.2 Å². The van der Waals surface area contributed by atoms with Gasteiger partial charge in [-0.15, -0.1) is 0 Å². The van der Waals surface area contributed by atoms with Gasteiger partial charge in [0.05, 0.1) is 12.6 Å². The van der Waals surface area contributed by atoms with Gasteiger partial charge in [-0.05, 0) is 25.5 Å². The SMILES string of the molecule is CC1C[C@]2(C=C[C@H](C)N3C[C@H]2n2cc(C(N)=O)c(=O)c(OCc4ccccc4)c2C3=O)ON1Cc1ccc(F)cc1F. The van der Waals surface area contributed by atoms with Gasteiger partial charge >= 0.3 is 0 Å². The molecule has 2 aromatic carbocycles. The Kier molecular flexibility index (Phi) is 6.94. The first-order valence-corrected chi connectivity index (χ1v) is 13.7. The van der Waals surface area contributed by atoms with Gasteiger partial charge in [0.1, 0.15) is 29.4 Å². The number of nitrogens with two attached hydrogens (primary N) is 1. The smallest absolute Gasteiger partial charge is 0.275 e. The van der Waals surface area contributed by atoms with Gasteiger partial charge in [0.15, 0.2) is 11.4 Å². The number of hydroxylamine groups is 2. The van der Waals surface area contributed by atoms with Gasteiger partial charge in [-0.25, -0.2) is 8.78 Å². The summed E-state index contributed by atoms with van der Waals surface area (Å²) < 4.78 is 35.6. The number of hydrogen-bond acceptors (Lipinski definition) is 6. The summed E-state index contributed by atoms with van der Waals surface area (Å²) >= 11 is 0. The number of nitrogens with zero attached hydrogens (tertiary/aromatic N) is 3. The average molecular weight is 577 g/mol. The maximum atomic E-state index is 14.6. The number of carbonyl (C=O) groups is 2. The van der Waals surface area contributed by atoms with Gasteiger partial charge in [-0.3, -0.25) is 19.2 Å². The lowest BCUT2D eigenvalue weighted by Crippen LogP contribution is -2.53. The molecule has 1 aromatic heterocycles. The molecule has 42 heavy (non-hydrogen) atoms. The fourth-order valence-corrected chi connectivity index (χ4v) is 6.06. The summed E-state index contributed by atoms with van der Waals surface area (Å²) in [5.41, 5.74) is 4.56. The van der Waals surface area contributed by atoms with Crippen LogP contribution < -0.4 is 15.9 Å². The van der Waals surface area contributed by atoms with E-state index < -0.39 is 40.5 Å². The second-order valence-corrected chi connectivity index (χ2v) is 11.1. The second-order valence-electron chi connectivity index (χ2n) is 11.1. The van der Waals surface area contributed by atoms with Crippen LogP contribution in [0.15, 0.2) is 71.7 Å². The Bertz CT molecular complexity index is 1660. The summed E-state index contributed by atoms with van der Waals surface area (Å²) in [5, 5.41) is 1.64. The Balaban J connectivity index is 1.45. The van der Waals surface area contributed by atoms with Crippen molar-refractivity contribution in [3.05, 3.63) is 111 Å². The molecule has 218 valence electrons. The Hall–Kier alpha value is -4.35. The van der Waals surface area contributed by atoms with Gasteiger partial charge < -0.3 is 19.9 Å². The van der Waals surface area contributed by atoms with Gasteiger partial charge in [0.25, 0.3) is 11.8 Å². The predicted octanol–water partition coefficient (Wildman–Crippen LogP) is 3.72. The highest BCUT2D eigenvalue weighted by atomic mass is 19.1. The van der Waals surface area contributed by atoms with E-state index in [1.807, 2.05) is 56.3 Å². The van der Waals surface area contributed by atoms with Crippen LogP contribution in [0.25, 0.3) is 0 Å². The number of pyridine rings is 1. The molecule has 11 heteroatoms. The average Bonchev–Trinajstić information content (AvgIpc) is 3.22. The molecular weight excluding hydrogens is 546 g/mol. The molecule has 9 nitrogen and oxygen atoms in total. The number of aromatic nitrogens is 1. The summed E-state index contributed by atoms with van der Waals surface area (Å²) in [4.78, 5) is 48.0. The van der Waals surface area contributed by atoms with Crippen LogP contribution in [0.5, 0.6) is 5.75 Å². The lowest BCUT2D eigenvalue weighted by molar-refractivity contribution is -0.207. The summed E-state index contributed by atoms with van der Waals surface area (Å²) in [7, 11) is 0. The lowest BCUT2D eigenvalue weighted by Gasteiger charge is -2.42. The van der Waals surface area contributed by atoms with E-state index in [0.717, 1.165) is 11.6 Å². The van der Waals surface area contributed by atoms with Crippen molar-refractivity contribution in [3.63, 3.8) is 0 Å². The lowest BCUT2D eigenvalue weighted by atomic mass is 9.86. The summed E-state index contributed by atoms with van der Waals surface area (Å²) in [6.45, 7) is 4.06. The van der Waals surface area contributed by atoms with Crippen LogP contribution in [-0.2, 0) is 18.0 Å². The molecule has 2 bridgehead atoms. The standard InChI is InChI=1S/C31H30F2N4O5/c1-18-10-11-31(13-19(2)37(42-31)14-21-8-9-22(32)12-24(21)33)25-16-35(18)30(40)26-28(41-17-20-6-4-3-5-7-20)27(38)23(29(34)39)15-36(25)26/h3-12,15,18-19,25H,13-14,16-17H2,1-2H3,(H2,34,39)/t18-,19?,25+,31-/m0/s1. The van der Waals surface area contributed by atoms with Crippen LogP contribution in [0.3, 0.4) is 0 Å². The van der Waals surface area contributed by atoms with E-state index in [4.69, 9.17) is 15.3 Å². The highest BCUT2D eigenvalue weighted by Gasteiger charge is 2.54. The molecule has 2 N–H and O–H groups in total. The summed E-state index contributed by atoms with van der Waals surface area (Å²) in [6, 6.07) is 11.4. The summed E-state index contributed by atoms with van der Waals surface area (Å²) in [6.07, 6.45) is 5.53. The summed E-state index contributed by atoms with van der Waals surface area (Å²) in [5.74, 6) is -2.98. The molecule has 1 spiro atoms. The first kappa shape index (κ1) is 27.8. The number of fused-ring (bicyclic) bond motifs is 5. The van der Waals surface area contributed by atoms with Crippen LogP contribution in [-0.4, -0.2) is 50.6 Å².